The van der Waals surface area contributed by atoms with E-state index in [0.717, 1.165) is 10.0 Å². The number of aromatic hydroxyl groups is 1. The third-order valence-corrected chi connectivity index (χ3v) is 3.73. The average molecular weight is 347 g/mol. The molecule has 0 aliphatic carbocycles. The molecule has 0 bridgehead atoms. The molecule has 21 heavy (non-hydrogen) atoms. The summed E-state index contributed by atoms with van der Waals surface area (Å²) in [5.74, 6) is 0.0910. The van der Waals surface area contributed by atoms with Gasteiger partial charge in [-0.1, -0.05) is 28.1 Å². The highest BCUT2D eigenvalue weighted by Crippen LogP contribution is 2.35. The number of halogens is 1. The molecular formula is C16H11BrO4. The monoisotopic (exact) mass is 346 g/mol. The van der Waals surface area contributed by atoms with Crippen LogP contribution in [0.3, 0.4) is 0 Å². The second-order valence-electron chi connectivity index (χ2n) is 4.48. The van der Waals surface area contributed by atoms with E-state index in [1.165, 1.54) is 19.2 Å². The molecule has 5 heteroatoms. The third kappa shape index (κ3) is 2.40. The molecule has 3 aromatic rings. The predicted octanol–water partition coefficient (Wildman–Crippen LogP) is 4.35. The molecule has 0 radical (unpaired) electrons. The number of fused-ring (bicyclic) bond motifs is 1. The zero-order chi connectivity index (χ0) is 15.0. The first-order valence-corrected chi connectivity index (χ1v) is 6.99. The average Bonchev–Trinajstić information content (AvgIpc) is 2.93. The van der Waals surface area contributed by atoms with Crippen molar-refractivity contribution in [1.82, 2.24) is 0 Å². The van der Waals surface area contributed by atoms with E-state index in [1.54, 1.807) is 6.07 Å². The predicted molar refractivity (Wildman–Crippen MR) is 82.4 cm³/mol. The highest BCUT2D eigenvalue weighted by Gasteiger charge is 2.17. The van der Waals surface area contributed by atoms with Gasteiger partial charge in [0.1, 0.15) is 5.76 Å². The summed E-state index contributed by atoms with van der Waals surface area (Å²) in [5, 5.41) is 10.4. The van der Waals surface area contributed by atoms with Crippen molar-refractivity contribution >= 4 is 32.9 Å². The van der Waals surface area contributed by atoms with Gasteiger partial charge >= 0.3 is 5.97 Å². The SMILES string of the molecule is COC(=O)c1ccc(O)c2oc(-c3ccc(Br)cc3)cc12. The van der Waals surface area contributed by atoms with Crippen LogP contribution in [-0.2, 0) is 4.74 Å². The minimum Gasteiger partial charge on any atom is -0.504 e. The zero-order valence-corrected chi connectivity index (χ0v) is 12.7. The van der Waals surface area contributed by atoms with E-state index in [0.29, 0.717) is 16.7 Å². The summed E-state index contributed by atoms with van der Waals surface area (Å²) in [6.45, 7) is 0. The van der Waals surface area contributed by atoms with E-state index in [4.69, 9.17) is 9.15 Å². The van der Waals surface area contributed by atoms with Gasteiger partial charge < -0.3 is 14.3 Å². The Hall–Kier alpha value is -2.27. The van der Waals surface area contributed by atoms with Crippen LogP contribution in [-0.4, -0.2) is 18.2 Å². The van der Waals surface area contributed by atoms with E-state index in [9.17, 15) is 9.90 Å². The molecule has 2 aromatic carbocycles. The Balaban J connectivity index is 2.21. The standard InChI is InChI=1S/C16H11BrO4/c1-20-16(19)11-6-7-13(18)15-12(11)8-14(21-15)9-2-4-10(17)5-3-9/h2-8,18H,1H3. The molecule has 0 saturated carbocycles. The third-order valence-electron chi connectivity index (χ3n) is 3.20. The summed E-state index contributed by atoms with van der Waals surface area (Å²) in [6, 6.07) is 12.2. The van der Waals surface area contributed by atoms with Crippen LogP contribution >= 0.6 is 15.9 Å². The van der Waals surface area contributed by atoms with Crippen LogP contribution in [0.1, 0.15) is 10.4 Å². The number of furan rings is 1. The van der Waals surface area contributed by atoms with Gasteiger partial charge in [0.05, 0.1) is 12.7 Å². The van der Waals surface area contributed by atoms with Crippen LogP contribution in [0.2, 0.25) is 0 Å². The van der Waals surface area contributed by atoms with Crippen LogP contribution in [0.5, 0.6) is 5.75 Å². The van der Waals surface area contributed by atoms with Crippen molar-refractivity contribution in [1.29, 1.82) is 0 Å². The lowest BCUT2D eigenvalue weighted by Crippen LogP contribution is -2.00. The minimum absolute atomic E-state index is 0.0129. The molecule has 0 aliphatic rings. The lowest BCUT2D eigenvalue weighted by atomic mass is 10.1. The largest absolute Gasteiger partial charge is 0.504 e. The Labute approximate surface area is 129 Å². The van der Waals surface area contributed by atoms with Crippen molar-refractivity contribution in [2.75, 3.05) is 7.11 Å². The molecule has 0 fully saturated rings. The summed E-state index contributed by atoms with van der Waals surface area (Å²) in [5.41, 5.74) is 1.48. The number of carbonyl (C=O) groups excluding carboxylic acids is 1. The quantitative estimate of drug-likeness (QED) is 0.700. The summed E-state index contributed by atoms with van der Waals surface area (Å²) >= 11 is 3.37. The van der Waals surface area contributed by atoms with Gasteiger partial charge in [0.25, 0.3) is 0 Å². The Morgan fingerprint density at radius 1 is 1.19 bits per heavy atom. The fraction of sp³-hybridized carbons (Fsp3) is 0.0625. The van der Waals surface area contributed by atoms with Crippen LogP contribution in [0.15, 0.2) is 51.4 Å². The van der Waals surface area contributed by atoms with Crippen molar-refractivity contribution < 1.29 is 19.1 Å². The molecule has 0 aliphatic heterocycles. The summed E-state index contributed by atoms with van der Waals surface area (Å²) < 4.78 is 11.4. The Morgan fingerprint density at radius 3 is 2.57 bits per heavy atom. The van der Waals surface area contributed by atoms with Crippen molar-refractivity contribution in [3.05, 3.63) is 52.5 Å². The maximum Gasteiger partial charge on any atom is 0.338 e. The molecule has 0 amide bonds. The first-order chi connectivity index (χ1) is 10.1. The van der Waals surface area contributed by atoms with Crippen molar-refractivity contribution in [2.24, 2.45) is 0 Å². The molecule has 0 unspecified atom stereocenters. The van der Waals surface area contributed by atoms with Gasteiger partial charge in [0.15, 0.2) is 11.3 Å². The molecule has 0 saturated heterocycles. The van der Waals surface area contributed by atoms with Gasteiger partial charge in [-0.2, -0.15) is 0 Å². The molecule has 1 heterocycles. The Kier molecular flexibility index (Phi) is 3.43. The number of rotatable bonds is 2. The molecule has 3 rings (SSSR count). The second kappa shape index (κ2) is 5.26. The van der Waals surface area contributed by atoms with E-state index in [1.807, 2.05) is 24.3 Å². The fourth-order valence-corrected chi connectivity index (χ4v) is 2.42. The van der Waals surface area contributed by atoms with Crippen molar-refractivity contribution in [3.8, 4) is 17.1 Å². The number of hydrogen-bond donors (Lipinski definition) is 1. The number of phenols is 1. The van der Waals surface area contributed by atoms with Gasteiger partial charge in [-0.05, 0) is 30.3 Å². The normalized spacial score (nSPS) is 10.8. The number of benzene rings is 2. The second-order valence-corrected chi connectivity index (χ2v) is 5.40. The van der Waals surface area contributed by atoms with Gasteiger partial charge in [-0.15, -0.1) is 0 Å². The van der Waals surface area contributed by atoms with E-state index >= 15 is 0 Å². The van der Waals surface area contributed by atoms with Gasteiger partial charge in [0.2, 0.25) is 0 Å². The van der Waals surface area contributed by atoms with Gasteiger partial charge in [-0.3, -0.25) is 0 Å². The molecule has 4 nitrogen and oxygen atoms in total. The number of ether oxygens (including phenoxy) is 1. The summed E-state index contributed by atoms with van der Waals surface area (Å²) in [6.07, 6.45) is 0. The van der Waals surface area contributed by atoms with Crippen LogP contribution in [0, 0.1) is 0 Å². The lowest BCUT2D eigenvalue weighted by molar-refractivity contribution is 0.0603. The highest BCUT2D eigenvalue weighted by molar-refractivity contribution is 9.10. The first kappa shape index (κ1) is 13.7. The molecule has 1 N–H and O–H groups in total. The first-order valence-electron chi connectivity index (χ1n) is 6.20. The van der Waals surface area contributed by atoms with Gasteiger partial charge in [-0.25, -0.2) is 4.79 Å². The summed E-state index contributed by atoms with van der Waals surface area (Å²) in [7, 11) is 1.32. The summed E-state index contributed by atoms with van der Waals surface area (Å²) in [4.78, 5) is 11.8. The smallest absolute Gasteiger partial charge is 0.338 e. The van der Waals surface area contributed by atoms with E-state index in [-0.39, 0.29) is 11.3 Å². The van der Waals surface area contributed by atoms with Crippen molar-refractivity contribution in [3.63, 3.8) is 0 Å². The number of carbonyl (C=O) groups is 1. The molecule has 0 atom stereocenters. The maximum absolute atomic E-state index is 11.8. The number of hydrogen-bond acceptors (Lipinski definition) is 4. The Morgan fingerprint density at radius 2 is 1.90 bits per heavy atom. The fourth-order valence-electron chi connectivity index (χ4n) is 2.15. The maximum atomic E-state index is 11.8. The van der Waals surface area contributed by atoms with Crippen molar-refractivity contribution in [2.45, 2.75) is 0 Å². The highest BCUT2D eigenvalue weighted by atomic mass is 79.9. The van der Waals surface area contributed by atoms with E-state index < -0.39 is 5.97 Å². The lowest BCUT2D eigenvalue weighted by Gasteiger charge is -2.00. The molecular weight excluding hydrogens is 336 g/mol. The van der Waals surface area contributed by atoms with Crippen LogP contribution in [0.25, 0.3) is 22.3 Å². The minimum atomic E-state index is -0.469. The molecule has 1 aromatic heterocycles. The zero-order valence-electron chi connectivity index (χ0n) is 11.1. The van der Waals surface area contributed by atoms with E-state index in [2.05, 4.69) is 15.9 Å². The van der Waals surface area contributed by atoms with Gasteiger partial charge in [0, 0.05) is 15.4 Å². The van der Waals surface area contributed by atoms with Crippen LogP contribution in [0.4, 0.5) is 0 Å². The number of phenolic OH excluding ortho intramolecular Hbond substituents is 1. The molecule has 0 spiro atoms. The number of esters is 1. The topological polar surface area (TPSA) is 59.7 Å². The molecule has 106 valence electrons. The Bertz CT molecular complexity index is 818. The van der Waals surface area contributed by atoms with Crippen LogP contribution < -0.4 is 0 Å². The number of methoxy groups -OCH3 is 1.